The summed E-state index contributed by atoms with van der Waals surface area (Å²) in [4.78, 5) is 5.19. The summed E-state index contributed by atoms with van der Waals surface area (Å²) in [5, 5.41) is 3.42. The first kappa shape index (κ1) is 14.5. The van der Waals surface area contributed by atoms with Gasteiger partial charge in [-0.1, -0.05) is 41.6 Å². The fourth-order valence-electron chi connectivity index (χ4n) is 2.74. The van der Waals surface area contributed by atoms with Crippen molar-refractivity contribution < 1.29 is 1.43 Å². The van der Waals surface area contributed by atoms with Crippen LogP contribution in [-0.4, -0.2) is 26.2 Å². The number of hydrogen-bond donors (Lipinski definition) is 1. The zero-order chi connectivity index (χ0) is 14.7. The average Bonchev–Trinajstić information content (AvgIpc) is 2.51. The van der Waals surface area contributed by atoms with E-state index in [0.717, 1.165) is 26.2 Å². The molecule has 110 valence electrons. The Labute approximate surface area is 133 Å². The fraction of sp³-hybridized carbons (Fsp3) is 0.333. The number of nitrogens with one attached hydrogen (secondary N) is 1. The predicted molar refractivity (Wildman–Crippen MR) is 92.7 cm³/mol. The summed E-state index contributed by atoms with van der Waals surface area (Å²) in [5.41, 5.74) is 4.05. The number of anilines is 1. The summed E-state index contributed by atoms with van der Waals surface area (Å²) < 4.78 is 0. The van der Waals surface area contributed by atoms with E-state index in [1.807, 2.05) is 11.8 Å². The van der Waals surface area contributed by atoms with E-state index < -0.39 is 0 Å². The molecular formula is C18H23N2S+. The maximum Gasteiger partial charge on any atom is 1.00 e. The van der Waals surface area contributed by atoms with Crippen molar-refractivity contribution >= 4 is 17.4 Å². The smallest absolute Gasteiger partial charge is 0.368 e. The van der Waals surface area contributed by atoms with Crippen molar-refractivity contribution in [2.75, 3.05) is 31.1 Å². The van der Waals surface area contributed by atoms with Crippen molar-refractivity contribution in [1.82, 2.24) is 5.32 Å². The molecule has 1 N–H and O–H groups in total. The molecule has 0 atom stereocenters. The summed E-state index contributed by atoms with van der Waals surface area (Å²) in [6.07, 6.45) is 0. The largest absolute Gasteiger partial charge is 1.00 e. The second-order valence-electron chi connectivity index (χ2n) is 5.58. The Morgan fingerprint density at radius 3 is 2.52 bits per heavy atom. The van der Waals surface area contributed by atoms with E-state index in [9.17, 15) is 0 Å². The molecule has 3 rings (SSSR count). The second-order valence-corrected chi connectivity index (χ2v) is 6.66. The third-order valence-electron chi connectivity index (χ3n) is 3.87. The first-order valence-corrected chi connectivity index (χ1v) is 8.35. The van der Waals surface area contributed by atoms with Gasteiger partial charge in [-0.05, 0) is 37.6 Å². The van der Waals surface area contributed by atoms with Gasteiger partial charge in [-0.25, -0.2) is 0 Å². The molecule has 0 radical (unpaired) electrons. The minimum atomic E-state index is 0. The Morgan fingerprint density at radius 1 is 1.00 bits per heavy atom. The lowest BCUT2D eigenvalue weighted by molar-refractivity contribution is 0.587. The van der Waals surface area contributed by atoms with Crippen LogP contribution in [0.25, 0.3) is 0 Å². The van der Waals surface area contributed by atoms with Crippen LogP contribution < -0.4 is 10.2 Å². The molecule has 21 heavy (non-hydrogen) atoms. The molecule has 1 aliphatic rings. The van der Waals surface area contributed by atoms with Crippen LogP contribution in [0.3, 0.4) is 0 Å². The van der Waals surface area contributed by atoms with Gasteiger partial charge in [-0.3, -0.25) is 0 Å². The third kappa shape index (κ3) is 3.42. The number of piperazine rings is 1. The van der Waals surface area contributed by atoms with E-state index in [0.29, 0.717) is 0 Å². The number of hydrogen-bond acceptors (Lipinski definition) is 3. The lowest BCUT2D eigenvalue weighted by Gasteiger charge is -2.31. The molecule has 1 aliphatic heterocycles. The van der Waals surface area contributed by atoms with Crippen LogP contribution >= 0.6 is 11.8 Å². The van der Waals surface area contributed by atoms with Crippen molar-refractivity contribution in [3.05, 3.63) is 53.6 Å². The van der Waals surface area contributed by atoms with E-state index in [-0.39, 0.29) is 1.43 Å². The molecule has 2 aromatic rings. The normalized spacial score (nSPS) is 15.2. The van der Waals surface area contributed by atoms with Gasteiger partial charge in [0, 0.05) is 36.0 Å². The number of benzene rings is 2. The zero-order valence-corrected chi connectivity index (χ0v) is 13.5. The Bertz CT molecular complexity index is 624. The van der Waals surface area contributed by atoms with Crippen molar-refractivity contribution in [1.29, 1.82) is 0 Å². The molecule has 1 fully saturated rings. The number of para-hydroxylation sites is 1. The standard InChI is InChI=1S/C18H22N2S/c1-14-7-8-17(15(2)13-14)21-18-6-4-3-5-16(18)20-11-9-19-10-12-20/h3-8,13,19H,9-12H2,1-2H3/p+1. The highest BCUT2D eigenvalue weighted by Crippen LogP contribution is 2.37. The molecule has 0 bridgehead atoms. The predicted octanol–water partition coefficient (Wildman–Crippen LogP) is 3.98. The van der Waals surface area contributed by atoms with Crippen LogP contribution in [0.1, 0.15) is 12.6 Å². The van der Waals surface area contributed by atoms with E-state index in [1.54, 1.807) is 0 Å². The molecule has 0 saturated carbocycles. The number of rotatable bonds is 3. The van der Waals surface area contributed by atoms with Crippen LogP contribution in [0.2, 0.25) is 0 Å². The molecule has 1 saturated heterocycles. The summed E-state index contributed by atoms with van der Waals surface area (Å²) in [6.45, 7) is 8.67. The maximum atomic E-state index is 3.42. The van der Waals surface area contributed by atoms with Crippen molar-refractivity contribution in [3.63, 3.8) is 0 Å². The molecule has 0 aromatic heterocycles. The van der Waals surface area contributed by atoms with Crippen molar-refractivity contribution in [3.8, 4) is 0 Å². The first-order valence-electron chi connectivity index (χ1n) is 7.54. The van der Waals surface area contributed by atoms with Gasteiger partial charge >= 0.3 is 1.43 Å². The number of nitrogens with zero attached hydrogens (tertiary/aromatic N) is 1. The highest BCUT2D eigenvalue weighted by molar-refractivity contribution is 7.99. The minimum Gasteiger partial charge on any atom is -0.368 e. The van der Waals surface area contributed by atoms with Crippen molar-refractivity contribution in [2.45, 2.75) is 23.6 Å². The van der Waals surface area contributed by atoms with Gasteiger partial charge < -0.3 is 10.2 Å². The van der Waals surface area contributed by atoms with Crippen LogP contribution in [0.15, 0.2) is 52.3 Å². The summed E-state index contributed by atoms with van der Waals surface area (Å²) in [7, 11) is 0. The van der Waals surface area contributed by atoms with Gasteiger partial charge in [0.25, 0.3) is 0 Å². The van der Waals surface area contributed by atoms with Gasteiger partial charge in [0.15, 0.2) is 0 Å². The van der Waals surface area contributed by atoms with E-state index in [4.69, 9.17) is 0 Å². The van der Waals surface area contributed by atoms with Gasteiger partial charge in [0.1, 0.15) is 0 Å². The van der Waals surface area contributed by atoms with Gasteiger partial charge in [0.05, 0.1) is 5.69 Å². The fourth-order valence-corrected chi connectivity index (χ4v) is 3.78. The first-order chi connectivity index (χ1) is 10.2. The maximum absolute atomic E-state index is 3.42. The Balaban J connectivity index is 0.00000176. The Kier molecular flexibility index (Phi) is 4.51. The minimum absolute atomic E-state index is 0. The molecule has 2 aromatic carbocycles. The third-order valence-corrected chi connectivity index (χ3v) is 5.12. The van der Waals surface area contributed by atoms with Crippen LogP contribution in [0.5, 0.6) is 0 Å². The Morgan fingerprint density at radius 2 is 1.76 bits per heavy atom. The van der Waals surface area contributed by atoms with Gasteiger partial charge in [-0.2, -0.15) is 0 Å². The molecule has 0 amide bonds. The van der Waals surface area contributed by atoms with E-state index >= 15 is 0 Å². The van der Waals surface area contributed by atoms with Gasteiger partial charge in [0.2, 0.25) is 0 Å². The van der Waals surface area contributed by atoms with Crippen LogP contribution in [0, 0.1) is 13.8 Å². The highest BCUT2D eigenvalue weighted by atomic mass is 32.2. The lowest BCUT2D eigenvalue weighted by Crippen LogP contribution is -2.43. The van der Waals surface area contributed by atoms with Crippen LogP contribution in [-0.2, 0) is 0 Å². The topological polar surface area (TPSA) is 15.3 Å². The second kappa shape index (κ2) is 6.54. The molecule has 1 heterocycles. The average molecular weight is 299 g/mol. The molecule has 0 spiro atoms. The monoisotopic (exact) mass is 299 g/mol. The van der Waals surface area contributed by atoms with Crippen LogP contribution in [0.4, 0.5) is 5.69 Å². The molecule has 0 unspecified atom stereocenters. The quantitative estimate of drug-likeness (QED) is 0.923. The zero-order valence-electron chi connectivity index (χ0n) is 13.7. The Hall–Kier alpha value is -1.45. The summed E-state index contributed by atoms with van der Waals surface area (Å²) >= 11 is 1.88. The highest BCUT2D eigenvalue weighted by Gasteiger charge is 2.14. The number of aryl methyl sites for hydroxylation is 2. The van der Waals surface area contributed by atoms with E-state index in [2.05, 4.69) is 66.5 Å². The molecule has 2 nitrogen and oxygen atoms in total. The molecule has 0 aliphatic carbocycles. The lowest BCUT2D eigenvalue weighted by atomic mass is 10.2. The molecular weight excluding hydrogens is 276 g/mol. The SMILES string of the molecule is Cc1ccc(Sc2ccccc2N2CCNCC2)c(C)c1.[H+]. The molecule has 3 heteroatoms. The van der Waals surface area contributed by atoms with Crippen molar-refractivity contribution in [2.24, 2.45) is 0 Å². The summed E-state index contributed by atoms with van der Waals surface area (Å²) in [5.74, 6) is 0. The van der Waals surface area contributed by atoms with Gasteiger partial charge in [-0.15, -0.1) is 0 Å². The van der Waals surface area contributed by atoms with E-state index in [1.165, 1.54) is 26.6 Å². The summed E-state index contributed by atoms with van der Waals surface area (Å²) in [6, 6.07) is 15.5.